The van der Waals surface area contributed by atoms with Crippen LogP contribution in [0.2, 0.25) is 0 Å². The maximum Gasteiger partial charge on any atom is 0.453 e. The molecule has 0 radical (unpaired) electrons. The number of carboxylic acid groups (broad SMARTS) is 1. The van der Waals surface area contributed by atoms with Gasteiger partial charge in [-0.2, -0.15) is 22.0 Å². The van der Waals surface area contributed by atoms with E-state index in [1.54, 1.807) is 0 Å². The molecule has 3 aliphatic rings. The summed E-state index contributed by atoms with van der Waals surface area (Å²) in [5, 5.41) is 70.4. The number of halogens is 5. The zero-order valence-corrected chi connectivity index (χ0v) is 33.1. The molecule has 16 heteroatoms. The second kappa shape index (κ2) is 20.3. The van der Waals surface area contributed by atoms with Crippen molar-refractivity contribution in [2.75, 3.05) is 24.7 Å². The van der Waals surface area contributed by atoms with E-state index in [9.17, 15) is 61.6 Å². The second-order valence-corrected chi connectivity index (χ2v) is 18.5. The Kier molecular flexibility index (Phi) is 17.0. The van der Waals surface area contributed by atoms with Crippen molar-refractivity contribution in [2.45, 2.75) is 158 Å². The van der Waals surface area contributed by atoms with Crippen molar-refractivity contribution >= 4 is 16.9 Å². The minimum absolute atomic E-state index is 0.0759. The summed E-state index contributed by atoms with van der Waals surface area (Å²) in [6.07, 6.45) is -4.32. The van der Waals surface area contributed by atoms with Gasteiger partial charge in [-0.25, -0.2) is 4.79 Å². The molecule has 3 aliphatic carbocycles. The molecular formula is C40H62F5NO9S. The van der Waals surface area contributed by atoms with Gasteiger partial charge >= 0.3 is 18.2 Å². The molecule has 2 saturated carbocycles. The van der Waals surface area contributed by atoms with Crippen LogP contribution in [0, 0.1) is 23.2 Å². The number of fused-ring (bicyclic) bond motifs is 5. The summed E-state index contributed by atoms with van der Waals surface area (Å²) >= 11 is 0. The highest BCUT2D eigenvalue weighted by molar-refractivity contribution is 7.84. The number of carbonyl (C=O) groups is 1. The summed E-state index contributed by atoms with van der Waals surface area (Å²) in [5.74, 6) is -3.13. The van der Waals surface area contributed by atoms with Crippen LogP contribution in [0.3, 0.4) is 0 Å². The van der Waals surface area contributed by atoms with Crippen LogP contribution in [0.4, 0.5) is 26.7 Å². The first kappa shape index (κ1) is 46.7. The first-order chi connectivity index (χ1) is 26.3. The lowest BCUT2D eigenvalue weighted by atomic mass is 9.52. The molecule has 1 aromatic rings. The molecule has 7 N–H and O–H groups in total. The smallest absolute Gasteiger partial charge is 0.453 e. The molecule has 0 saturated heterocycles. The number of nitrogens with zero attached hydrogens (tertiary/aromatic N) is 1. The van der Waals surface area contributed by atoms with Gasteiger partial charge in [0, 0.05) is 35.3 Å². The number of aliphatic hydroxyl groups is 6. The maximum atomic E-state index is 13.1. The van der Waals surface area contributed by atoms with Gasteiger partial charge in [-0.3, -0.25) is 4.21 Å². The Balaban J connectivity index is 1.30. The van der Waals surface area contributed by atoms with Gasteiger partial charge in [0.15, 0.2) is 0 Å². The SMILES string of the molecule is C[C@]12CC[C@@H]3c4ccc(CN(CC(O)C(O)C(O)C(O)CO)C(=O)O)cc4C[C@@H](CCCCCCCCCS(=O)CCCC(F)(F)C(F)(F)F)[C@H]3[C@@H]1CC[C@@H]2O. The standard InChI is InChI=1S/C40H62F5NO9S/c1-38-17-15-29-28-12-11-25(22-46(37(53)54)23-31(48)35(51)36(52)32(49)24-47)20-27(28)21-26(34(29)30(38)13-14-33(38)50)10-7-5-3-2-4-6-8-18-56(55)19-9-16-39(41,42)40(43,44)45/h11-12,20,26,29-36,47-52H,2-10,13-19,21-24H2,1H3,(H,53,54)/t26-,29-,30+,31?,32?,33+,34-,35?,36?,38+,56?/m1/s1. The molecule has 56 heavy (non-hydrogen) atoms. The van der Waals surface area contributed by atoms with E-state index in [0.29, 0.717) is 41.4 Å². The lowest BCUT2D eigenvalue weighted by molar-refractivity contribution is -0.284. The second-order valence-electron chi connectivity index (χ2n) is 16.8. The Bertz CT molecular complexity index is 1440. The van der Waals surface area contributed by atoms with Crippen molar-refractivity contribution in [1.29, 1.82) is 0 Å². The number of rotatable bonds is 22. The summed E-state index contributed by atoms with van der Waals surface area (Å²) in [4.78, 5) is 13.1. The van der Waals surface area contributed by atoms with E-state index in [1.807, 2.05) is 12.1 Å². The minimum atomic E-state index is -5.59. The maximum absolute atomic E-state index is 13.1. The Morgan fingerprint density at radius 1 is 0.911 bits per heavy atom. The first-order valence-corrected chi connectivity index (χ1v) is 21.7. The topological polar surface area (TPSA) is 179 Å². The predicted molar refractivity (Wildman–Crippen MR) is 201 cm³/mol. The largest absolute Gasteiger partial charge is 0.465 e. The lowest BCUT2D eigenvalue weighted by Gasteiger charge is -2.53. The molecule has 0 spiro atoms. The predicted octanol–water partition coefficient (Wildman–Crippen LogP) is 5.89. The molecule has 0 heterocycles. The summed E-state index contributed by atoms with van der Waals surface area (Å²) in [7, 11) is -1.42. The molecule has 0 aromatic heterocycles. The monoisotopic (exact) mass is 827 g/mol. The summed E-state index contributed by atoms with van der Waals surface area (Å²) < 4.78 is 75.2. The van der Waals surface area contributed by atoms with Crippen molar-refractivity contribution in [1.82, 2.24) is 4.90 Å². The molecule has 2 fully saturated rings. The van der Waals surface area contributed by atoms with Gasteiger partial charge in [0.2, 0.25) is 0 Å². The van der Waals surface area contributed by atoms with Gasteiger partial charge in [-0.15, -0.1) is 0 Å². The number of hydrogen-bond acceptors (Lipinski definition) is 8. The summed E-state index contributed by atoms with van der Waals surface area (Å²) in [6.45, 7) is 0.780. The average Bonchev–Trinajstić information content (AvgIpc) is 3.45. The van der Waals surface area contributed by atoms with Crippen LogP contribution in [-0.2, 0) is 23.8 Å². The molecule has 10 nitrogen and oxygen atoms in total. The van der Waals surface area contributed by atoms with Crippen LogP contribution < -0.4 is 0 Å². The van der Waals surface area contributed by atoms with Crippen LogP contribution in [0.15, 0.2) is 18.2 Å². The van der Waals surface area contributed by atoms with Crippen LogP contribution in [-0.4, -0.2) is 118 Å². The summed E-state index contributed by atoms with van der Waals surface area (Å²) in [5.41, 5.74) is 3.01. The van der Waals surface area contributed by atoms with Crippen LogP contribution in [0.1, 0.15) is 119 Å². The first-order valence-electron chi connectivity index (χ1n) is 20.2. The van der Waals surface area contributed by atoms with E-state index < -0.39 is 79.4 Å². The quantitative estimate of drug-likeness (QED) is 0.0555. The highest BCUT2D eigenvalue weighted by Gasteiger charge is 2.57. The van der Waals surface area contributed by atoms with Gasteiger partial charge in [0.05, 0.1) is 19.3 Å². The van der Waals surface area contributed by atoms with Gasteiger partial charge in [-0.05, 0) is 97.1 Å². The van der Waals surface area contributed by atoms with Crippen LogP contribution >= 0.6 is 0 Å². The van der Waals surface area contributed by atoms with E-state index in [2.05, 4.69) is 13.0 Å². The van der Waals surface area contributed by atoms with Gasteiger partial charge < -0.3 is 40.6 Å². The normalized spacial score (nSPS) is 27.8. The third kappa shape index (κ3) is 11.6. The molecule has 0 aliphatic heterocycles. The minimum Gasteiger partial charge on any atom is -0.465 e. The number of aliphatic hydroxyl groups excluding tert-OH is 6. The van der Waals surface area contributed by atoms with Crippen molar-refractivity contribution in [3.63, 3.8) is 0 Å². The molecule has 4 rings (SSSR count). The molecule has 1 aromatic carbocycles. The van der Waals surface area contributed by atoms with Crippen molar-refractivity contribution in [2.24, 2.45) is 23.2 Å². The number of unbranched alkanes of at least 4 members (excludes halogenated alkanes) is 6. The number of amides is 1. The van der Waals surface area contributed by atoms with Crippen molar-refractivity contribution < 1.29 is 66.7 Å². The van der Waals surface area contributed by atoms with E-state index in [-0.39, 0.29) is 23.8 Å². The van der Waals surface area contributed by atoms with E-state index in [1.165, 1.54) is 5.56 Å². The average molecular weight is 828 g/mol. The van der Waals surface area contributed by atoms with Gasteiger partial charge in [0.25, 0.3) is 0 Å². The van der Waals surface area contributed by atoms with Gasteiger partial charge in [-0.1, -0.05) is 63.6 Å². The third-order valence-electron chi connectivity index (χ3n) is 13.0. The number of alkyl halides is 5. The highest BCUT2D eigenvalue weighted by Crippen LogP contribution is 2.62. The number of hydrogen-bond donors (Lipinski definition) is 7. The Labute approximate surface area is 329 Å². The highest BCUT2D eigenvalue weighted by atomic mass is 32.2. The fraction of sp³-hybridized carbons (Fsp3) is 0.825. The third-order valence-corrected chi connectivity index (χ3v) is 14.5. The number of benzene rings is 1. The molecule has 0 bridgehead atoms. The Hall–Kier alpha value is -1.95. The molecule has 1 amide bonds. The van der Waals surface area contributed by atoms with Crippen LogP contribution in [0.25, 0.3) is 0 Å². The van der Waals surface area contributed by atoms with Crippen LogP contribution in [0.5, 0.6) is 0 Å². The molecule has 322 valence electrons. The van der Waals surface area contributed by atoms with E-state index in [0.717, 1.165) is 87.5 Å². The van der Waals surface area contributed by atoms with Gasteiger partial charge in [0.1, 0.15) is 24.4 Å². The molecule has 5 unspecified atom stereocenters. The Morgan fingerprint density at radius 2 is 1.54 bits per heavy atom. The van der Waals surface area contributed by atoms with Crippen molar-refractivity contribution in [3.8, 4) is 0 Å². The zero-order valence-electron chi connectivity index (χ0n) is 32.3. The van der Waals surface area contributed by atoms with E-state index in [4.69, 9.17) is 5.11 Å². The van der Waals surface area contributed by atoms with E-state index >= 15 is 0 Å². The lowest BCUT2D eigenvalue weighted by Crippen LogP contribution is -2.50. The zero-order chi connectivity index (χ0) is 41.4. The molecular weight excluding hydrogens is 765 g/mol. The summed E-state index contributed by atoms with van der Waals surface area (Å²) in [6, 6.07) is 6.01. The fourth-order valence-corrected chi connectivity index (χ4v) is 11.0. The molecule has 11 atom stereocenters. The fourth-order valence-electron chi connectivity index (χ4n) is 9.78. The van der Waals surface area contributed by atoms with Crippen molar-refractivity contribution in [3.05, 3.63) is 34.9 Å². The Morgan fingerprint density at radius 3 is 2.18 bits per heavy atom.